The zero-order valence-corrected chi connectivity index (χ0v) is 17.6. The van der Waals surface area contributed by atoms with Crippen LogP contribution in [0, 0.1) is 6.92 Å². The van der Waals surface area contributed by atoms with Gasteiger partial charge < -0.3 is 4.74 Å². The Balaban J connectivity index is 1.56. The molecule has 11 heteroatoms. The lowest BCUT2D eigenvalue weighted by Gasteiger charge is -2.09. The van der Waals surface area contributed by atoms with E-state index in [9.17, 15) is 13.2 Å². The van der Waals surface area contributed by atoms with Crippen LogP contribution in [0.3, 0.4) is 0 Å². The molecule has 0 bridgehead atoms. The van der Waals surface area contributed by atoms with Gasteiger partial charge in [-0.15, -0.1) is 10.2 Å². The summed E-state index contributed by atoms with van der Waals surface area (Å²) in [7, 11) is -3.88. The Labute approximate surface area is 176 Å². The Morgan fingerprint density at radius 2 is 1.86 bits per heavy atom. The number of amides is 1. The zero-order chi connectivity index (χ0) is 20.9. The second-order valence-electron chi connectivity index (χ2n) is 5.82. The molecule has 3 rings (SSSR count). The third-order valence-corrected chi connectivity index (χ3v) is 6.72. The SMILES string of the molecule is Cc1ccccc1OCCNS(=O)(=O)c1nnc(NC(=O)c2ccccc2Cl)s1. The number of para-hydroxylation sites is 1. The summed E-state index contributed by atoms with van der Waals surface area (Å²) in [4.78, 5) is 12.2. The Hall–Kier alpha value is -2.53. The highest BCUT2D eigenvalue weighted by molar-refractivity contribution is 7.91. The molecule has 0 saturated carbocycles. The van der Waals surface area contributed by atoms with E-state index in [-0.39, 0.29) is 33.2 Å². The number of anilines is 1. The van der Waals surface area contributed by atoms with Crippen LogP contribution in [0.15, 0.2) is 52.9 Å². The molecule has 0 fully saturated rings. The number of benzene rings is 2. The molecule has 0 saturated heterocycles. The summed E-state index contributed by atoms with van der Waals surface area (Å²) in [6.07, 6.45) is 0. The lowest BCUT2D eigenvalue weighted by Crippen LogP contribution is -2.28. The van der Waals surface area contributed by atoms with Gasteiger partial charge in [-0.05, 0) is 30.7 Å². The highest BCUT2D eigenvalue weighted by Gasteiger charge is 2.21. The molecule has 0 aliphatic heterocycles. The van der Waals surface area contributed by atoms with Crippen molar-refractivity contribution in [3.05, 3.63) is 64.7 Å². The highest BCUT2D eigenvalue weighted by Crippen LogP contribution is 2.22. The molecule has 0 radical (unpaired) electrons. The van der Waals surface area contributed by atoms with Crippen molar-refractivity contribution in [3.63, 3.8) is 0 Å². The van der Waals surface area contributed by atoms with E-state index < -0.39 is 15.9 Å². The number of halogens is 1. The molecule has 0 atom stereocenters. The van der Waals surface area contributed by atoms with Gasteiger partial charge in [-0.25, -0.2) is 13.1 Å². The average Bonchev–Trinajstić information content (AvgIpc) is 3.16. The fourth-order valence-corrected chi connectivity index (χ4v) is 4.47. The van der Waals surface area contributed by atoms with Gasteiger partial charge in [0.25, 0.3) is 15.9 Å². The fraction of sp³-hybridized carbons (Fsp3) is 0.167. The molecule has 2 aromatic carbocycles. The molecule has 29 heavy (non-hydrogen) atoms. The maximum absolute atomic E-state index is 12.3. The standard InChI is InChI=1S/C18H17ClN4O4S2/c1-12-6-2-5-9-15(12)27-11-10-20-29(25,26)18-23-22-17(28-18)21-16(24)13-7-3-4-8-14(13)19/h2-9,20H,10-11H2,1H3,(H,21,22,24). The van der Waals surface area contributed by atoms with Gasteiger partial charge in [0.15, 0.2) is 0 Å². The molecule has 0 aliphatic rings. The zero-order valence-electron chi connectivity index (χ0n) is 15.3. The fourth-order valence-electron chi connectivity index (χ4n) is 2.30. The first-order valence-electron chi connectivity index (χ1n) is 8.44. The predicted molar refractivity (Wildman–Crippen MR) is 111 cm³/mol. The van der Waals surface area contributed by atoms with Gasteiger partial charge in [-0.1, -0.05) is 53.3 Å². The van der Waals surface area contributed by atoms with E-state index in [0.29, 0.717) is 5.75 Å². The van der Waals surface area contributed by atoms with Gasteiger partial charge in [0.1, 0.15) is 12.4 Å². The van der Waals surface area contributed by atoms with Crippen LogP contribution in [0.1, 0.15) is 15.9 Å². The summed E-state index contributed by atoms with van der Waals surface area (Å²) in [6, 6.07) is 13.9. The minimum atomic E-state index is -3.88. The molecule has 1 amide bonds. The number of hydrogen-bond donors (Lipinski definition) is 2. The second kappa shape index (κ2) is 9.31. The largest absolute Gasteiger partial charge is 0.492 e. The van der Waals surface area contributed by atoms with Gasteiger partial charge in [-0.3, -0.25) is 10.1 Å². The molecule has 3 aromatic rings. The number of aryl methyl sites for hydroxylation is 1. The van der Waals surface area contributed by atoms with Gasteiger partial charge in [0.05, 0.1) is 10.6 Å². The second-order valence-corrected chi connectivity index (χ2v) is 9.14. The van der Waals surface area contributed by atoms with E-state index in [0.717, 1.165) is 16.9 Å². The van der Waals surface area contributed by atoms with Crippen molar-refractivity contribution in [2.45, 2.75) is 11.3 Å². The number of carbonyl (C=O) groups excluding carboxylic acids is 1. The van der Waals surface area contributed by atoms with Crippen LogP contribution in [0.2, 0.25) is 5.02 Å². The first-order chi connectivity index (χ1) is 13.9. The first kappa shape index (κ1) is 21.2. The normalized spacial score (nSPS) is 11.2. The molecule has 1 heterocycles. The molecule has 0 aliphatic carbocycles. The van der Waals surface area contributed by atoms with Crippen molar-refractivity contribution in [3.8, 4) is 5.75 Å². The van der Waals surface area contributed by atoms with Gasteiger partial charge in [-0.2, -0.15) is 0 Å². The summed E-state index contributed by atoms with van der Waals surface area (Å²) < 4.78 is 32.4. The third kappa shape index (κ3) is 5.51. The van der Waals surface area contributed by atoms with Gasteiger partial charge >= 0.3 is 0 Å². The summed E-state index contributed by atoms with van der Waals surface area (Å²) in [6.45, 7) is 2.11. The van der Waals surface area contributed by atoms with Crippen molar-refractivity contribution < 1.29 is 17.9 Å². The Bertz CT molecular complexity index is 1120. The molecular weight excluding hydrogens is 436 g/mol. The van der Waals surface area contributed by atoms with Crippen LogP contribution in [-0.4, -0.2) is 37.7 Å². The number of aromatic nitrogens is 2. The number of rotatable bonds is 8. The number of hydrogen-bond acceptors (Lipinski definition) is 7. The van der Waals surface area contributed by atoms with Crippen molar-refractivity contribution >= 4 is 44.0 Å². The van der Waals surface area contributed by atoms with Crippen LogP contribution < -0.4 is 14.8 Å². The minimum Gasteiger partial charge on any atom is -0.492 e. The summed E-state index contributed by atoms with van der Waals surface area (Å²) in [5.41, 5.74) is 1.21. The predicted octanol–water partition coefficient (Wildman–Crippen LogP) is 3.11. The van der Waals surface area contributed by atoms with E-state index >= 15 is 0 Å². The molecule has 0 spiro atoms. The maximum Gasteiger partial charge on any atom is 0.269 e. The molecule has 0 unspecified atom stereocenters. The monoisotopic (exact) mass is 452 g/mol. The summed E-state index contributed by atoms with van der Waals surface area (Å²) in [5, 5.41) is 10.2. The quantitative estimate of drug-likeness (QED) is 0.401. The smallest absolute Gasteiger partial charge is 0.269 e. The summed E-state index contributed by atoms with van der Waals surface area (Å²) >= 11 is 6.71. The van der Waals surface area contributed by atoms with Gasteiger partial charge in [0.2, 0.25) is 9.47 Å². The Morgan fingerprint density at radius 1 is 1.14 bits per heavy atom. The lowest BCUT2D eigenvalue weighted by atomic mass is 10.2. The number of nitrogens with zero attached hydrogens (tertiary/aromatic N) is 2. The van der Waals surface area contributed by atoms with E-state index in [2.05, 4.69) is 20.2 Å². The van der Waals surface area contributed by atoms with Crippen molar-refractivity contribution in [1.82, 2.24) is 14.9 Å². The van der Waals surface area contributed by atoms with Crippen LogP contribution in [0.25, 0.3) is 0 Å². The maximum atomic E-state index is 12.3. The number of nitrogens with one attached hydrogen (secondary N) is 2. The number of sulfonamides is 1. The highest BCUT2D eigenvalue weighted by atomic mass is 35.5. The molecule has 152 valence electrons. The third-order valence-electron chi connectivity index (χ3n) is 3.72. The number of ether oxygens (including phenoxy) is 1. The van der Waals surface area contributed by atoms with E-state index in [4.69, 9.17) is 16.3 Å². The Morgan fingerprint density at radius 3 is 2.62 bits per heavy atom. The van der Waals surface area contributed by atoms with Crippen LogP contribution in [-0.2, 0) is 10.0 Å². The van der Waals surface area contributed by atoms with E-state index in [1.165, 1.54) is 0 Å². The molecule has 8 nitrogen and oxygen atoms in total. The van der Waals surface area contributed by atoms with E-state index in [1.54, 1.807) is 24.3 Å². The summed E-state index contributed by atoms with van der Waals surface area (Å²) in [5.74, 6) is 0.183. The molecule has 1 aromatic heterocycles. The van der Waals surface area contributed by atoms with Crippen LogP contribution >= 0.6 is 22.9 Å². The Kier molecular flexibility index (Phi) is 6.80. The molecular formula is C18H17ClN4O4S2. The topological polar surface area (TPSA) is 110 Å². The first-order valence-corrected chi connectivity index (χ1v) is 11.1. The van der Waals surface area contributed by atoms with Crippen LogP contribution in [0.5, 0.6) is 5.75 Å². The van der Waals surface area contributed by atoms with E-state index in [1.807, 2.05) is 31.2 Å². The average molecular weight is 453 g/mol. The van der Waals surface area contributed by atoms with Crippen molar-refractivity contribution in [2.75, 3.05) is 18.5 Å². The number of carbonyl (C=O) groups is 1. The van der Waals surface area contributed by atoms with Crippen molar-refractivity contribution in [1.29, 1.82) is 0 Å². The molecule has 2 N–H and O–H groups in total. The van der Waals surface area contributed by atoms with Crippen molar-refractivity contribution in [2.24, 2.45) is 0 Å². The lowest BCUT2D eigenvalue weighted by molar-refractivity contribution is 0.102. The van der Waals surface area contributed by atoms with Gasteiger partial charge in [0, 0.05) is 6.54 Å². The minimum absolute atomic E-state index is 0.0476. The van der Waals surface area contributed by atoms with Crippen LogP contribution in [0.4, 0.5) is 5.13 Å².